The van der Waals surface area contributed by atoms with Gasteiger partial charge in [-0.05, 0) is 31.2 Å². The van der Waals surface area contributed by atoms with Crippen LogP contribution < -0.4 is 5.32 Å². The molecule has 1 atom stereocenters. The molecule has 2 amide bonds. The van der Waals surface area contributed by atoms with Crippen molar-refractivity contribution in [3.8, 4) is 0 Å². The van der Waals surface area contributed by atoms with Crippen LogP contribution in [0.25, 0.3) is 0 Å². The molecule has 0 aliphatic carbocycles. The van der Waals surface area contributed by atoms with Gasteiger partial charge in [0.15, 0.2) is 0 Å². The van der Waals surface area contributed by atoms with Crippen LogP contribution in [0.15, 0.2) is 54.6 Å². The number of piperazine rings is 1. The Morgan fingerprint density at radius 1 is 0.962 bits per heavy atom. The van der Waals surface area contributed by atoms with Crippen LogP contribution in [0.3, 0.4) is 0 Å². The van der Waals surface area contributed by atoms with Gasteiger partial charge in [-0.3, -0.25) is 14.5 Å². The molecule has 6 heteroatoms. The molecule has 26 heavy (non-hydrogen) atoms. The van der Waals surface area contributed by atoms with Crippen LogP contribution >= 0.6 is 0 Å². The van der Waals surface area contributed by atoms with Crippen molar-refractivity contribution in [2.75, 3.05) is 31.5 Å². The Morgan fingerprint density at radius 3 is 2.23 bits per heavy atom. The number of carbonyl (C=O) groups is 2. The fourth-order valence-electron chi connectivity index (χ4n) is 3.04. The van der Waals surface area contributed by atoms with Crippen LogP contribution in [0.5, 0.6) is 0 Å². The minimum absolute atomic E-state index is 0.00807. The molecule has 1 aliphatic heterocycles. The summed E-state index contributed by atoms with van der Waals surface area (Å²) in [6.07, 6.45) is 0. The third kappa shape index (κ3) is 4.08. The van der Waals surface area contributed by atoms with Gasteiger partial charge >= 0.3 is 0 Å². The number of para-hydroxylation sites is 1. The van der Waals surface area contributed by atoms with Crippen LogP contribution in [0.4, 0.5) is 10.1 Å². The fraction of sp³-hybridized carbons (Fsp3) is 0.300. The van der Waals surface area contributed by atoms with E-state index in [0.29, 0.717) is 31.7 Å². The second kappa shape index (κ2) is 8.10. The Morgan fingerprint density at radius 2 is 1.58 bits per heavy atom. The molecule has 5 nitrogen and oxygen atoms in total. The van der Waals surface area contributed by atoms with Crippen molar-refractivity contribution < 1.29 is 14.0 Å². The number of anilines is 1. The number of halogens is 1. The zero-order chi connectivity index (χ0) is 18.5. The molecular formula is C20H22FN3O2. The summed E-state index contributed by atoms with van der Waals surface area (Å²) in [6, 6.07) is 14.9. The summed E-state index contributed by atoms with van der Waals surface area (Å²) in [7, 11) is 0. The molecule has 2 aromatic carbocycles. The van der Waals surface area contributed by atoms with E-state index in [-0.39, 0.29) is 17.5 Å². The van der Waals surface area contributed by atoms with Gasteiger partial charge in [-0.25, -0.2) is 4.39 Å². The highest BCUT2D eigenvalue weighted by atomic mass is 19.1. The summed E-state index contributed by atoms with van der Waals surface area (Å²) in [5, 5.41) is 2.63. The lowest BCUT2D eigenvalue weighted by Crippen LogP contribution is -2.54. The molecule has 1 saturated heterocycles. The van der Waals surface area contributed by atoms with Gasteiger partial charge in [0.25, 0.3) is 5.91 Å². The fourth-order valence-corrected chi connectivity index (χ4v) is 3.04. The first-order valence-electron chi connectivity index (χ1n) is 8.70. The van der Waals surface area contributed by atoms with Crippen molar-refractivity contribution in [2.45, 2.75) is 13.0 Å². The van der Waals surface area contributed by atoms with E-state index in [4.69, 9.17) is 0 Å². The summed E-state index contributed by atoms with van der Waals surface area (Å²) in [5.41, 5.74) is 0.855. The molecule has 1 aliphatic rings. The van der Waals surface area contributed by atoms with Crippen LogP contribution in [0.2, 0.25) is 0 Å². The Bertz CT molecular complexity index is 774. The maximum absolute atomic E-state index is 13.7. The second-order valence-electron chi connectivity index (χ2n) is 6.34. The van der Waals surface area contributed by atoms with Crippen LogP contribution in [-0.2, 0) is 4.79 Å². The third-order valence-electron chi connectivity index (χ3n) is 4.68. The minimum Gasteiger partial charge on any atom is -0.336 e. The zero-order valence-electron chi connectivity index (χ0n) is 14.7. The summed E-state index contributed by atoms with van der Waals surface area (Å²) in [5.74, 6) is -0.696. The first kappa shape index (κ1) is 18.1. The zero-order valence-corrected chi connectivity index (χ0v) is 14.7. The van der Waals surface area contributed by atoms with Gasteiger partial charge in [0, 0.05) is 31.7 Å². The molecule has 1 fully saturated rings. The normalized spacial score (nSPS) is 16.2. The molecule has 0 aromatic heterocycles. The topological polar surface area (TPSA) is 52.7 Å². The van der Waals surface area contributed by atoms with E-state index < -0.39 is 11.9 Å². The van der Waals surface area contributed by atoms with Crippen LogP contribution in [0.1, 0.15) is 17.3 Å². The smallest absolute Gasteiger partial charge is 0.253 e. The van der Waals surface area contributed by atoms with E-state index in [1.54, 1.807) is 36.1 Å². The lowest BCUT2D eigenvalue weighted by atomic mass is 10.1. The number of amides is 2. The number of hydrogen-bond acceptors (Lipinski definition) is 3. The third-order valence-corrected chi connectivity index (χ3v) is 4.68. The van der Waals surface area contributed by atoms with E-state index in [9.17, 15) is 14.0 Å². The van der Waals surface area contributed by atoms with Crippen LogP contribution in [0, 0.1) is 5.82 Å². The van der Waals surface area contributed by atoms with Gasteiger partial charge in [0.05, 0.1) is 11.7 Å². The lowest BCUT2D eigenvalue weighted by Gasteiger charge is -2.37. The molecule has 0 saturated carbocycles. The van der Waals surface area contributed by atoms with Gasteiger partial charge in [0.1, 0.15) is 5.82 Å². The molecular weight excluding hydrogens is 333 g/mol. The maximum atomic E-state index is 13.7. The quantitative estimate of drug-likeness (QED) is 0.917. The molecule has 0 unspecified atom stereocenters. The van der Waals surface area contributed by atoms with Gasteiger partial charge in [0.2, 0.25) is 5.91 Å². The van der Waals surface area contributed by atoms with Gasteiger partial charge < -0.3 is 10.2 Å². The van der Waals surface area contributed by atoms with E-state index >= 15 is 0 Å². The van der Waals surface area contributed by atoms with E-state index in [1.165, 1.54) is 12.1 Å². The summed E-state index contributed by atoms with van der Waals surface area (Å²) >= 11 is 0. The maximum Gasteiger partial charge on any atom is 0.253 e. The SMILES string of the molecule is C[C@@H](C(=O)Nc1ccccc1F)N1CCN(C(=O)c2ccccc2)CC1. The van der Waals surface area contributed by atoms with E-state index in [0.717, 1.165) is 0 Å². The molecule has 3 rings (SSSR count). The van der Waals surface area contributed by atoms with E-state index in [1.807, 2.05) is 23.1 Å². The van der Waals surface area contributed by atoms with Crippen molar-refractivity contribution in [3.05, 3.63) is 66.0 Å². The van der Waals surface area contributed by atoms with Crippen molar-refractivity contribution in [2.24, 2.45) is 0 Å². The highest BCUT2D eigenvalue weighted by Gasteiger charge is 2.28. The molecule has 2 aromatic rings. The molecule has 0 radical (unpaired) electrons. The molecule has 0 spiro atoms. The number of rotatable bonds is 4. The average Bonchev–Trinajstić information content (AvgIpc) is 2.69. The predicted octanol–water partition coefficient (Wildman–Crippen LogP) is 2.61. The molecule has 0 bridgehead atoms. The summed E-state index contributed by atoms with van der Waals surface area (Å²) in [6.45, 7) is 4.12. The first-order valence-corrected chi connectivity index (χ1v) is 8.70. The Hall–Kier alpha value is -2.73. The lowest BCUT2D eigenvalue weighted by molar-refractivity contribution is -0.121. The van der Waals surface area contributed by atoms with Crippen molar-refractivity contribution >= 4 is 17.5 Å². The standard InChI is InChI=1S/C20H22FN3O2/c1-15(19(25)22-18-10-6-5-9-17(18)21)23-11-13-24(14-12-23)20(26)16-7-3-2-4-8-16/h2-10,15H,11-14H2,1H3,(H,22,25)/t15-/m0/s1. The Balaban J connectivity index is 1.55. The van der Waals surface area contributed by atoms with Crippen molar-refractivity contribution in [3.63, 3.8) is 0 Å². The first-order chi connectivity index (χ1) is 12.6. The van der Waals surface area contributed by atoms with Crippen LogP contribution in [-0.4, -0.2) is 53.8 Å². The Labute approximate surface area is 152 Å². The number of nitrogens with one attached hydrogen (secondary N) is 1. The second-order valence-corrected chi connectivity index (χ2v) is 6.34. The summed E-state index contributed by atoms with van der Waals surface area (Å²) in [4.78, 5) is 28.7. The largest absolute Gasteiger partial charge is 0.336 e. The van der Waals surface area contributed by atoms with Crippen molar-refractivity contribution in [1.29, 1.82) is 0 Å². The van der Waals surface area contributed by atoms with Gasteiger partial charge in [-0.2, -0.15) is 0 Å². The number of hydrogen-bond donors (Lipinski definition) is 1. The number of nitrogens with zero attached hydrogens (tertiary/aromatic N) is 2. The van der Waals surface area contributed by atoms with Gasteiger partial charge in [-0.15, -0.1) is 0 Å². The average molecular weight is 355 g/mol. The number of carbonyl (C=O) groups excluding carboxylic acids is 2. The molecule has 1 heterocycles. The highest BCUT2D eigenvalue weighted by molar-refractivity contribution is 5.95. The van der Waals surface area contributed by atoms with Crippen molar-refractivity contribution in [1.82, 2.24) is 9.80 Å². The molecule has 1 N–H and O–H groups in total. The predicted molar refractivity (Wildman–Crippen MR) is 98.4 cm³/mol. The molecule has 136 valence electrons. The monoisotopic (exact) mass is 355 g/mol. The van der Waals surface area contributed by atoms with E-state index in [2.05, 4.69) is 5.32 Å². The minimum atomic E-state index is -0.452. The van der Waals surface area contributed by atoms with Gasteiger partial charge in [-0.1, -0.05) is 30.3 Å². The Kier molecular flexibility index (Phi) is 5.63. The number of benzene rings is 2. The summed E-state index contributed by atoms with van der Waals surface area (Å²) < 4.78 is 13.7. The highest BCUT2D eigenvalue weighted by Crippen LogP contribution is 2.15.